The van der Waals surface area contributed by atoms with Gasteiger partial charge >= 0.3 is 5.69 Å². The van der Waals surface area contributed by atoms with Gasteiger partial charge in [0, 0.05) is 31.9 Å². The van der Waals surface area contributed by atoms with Crippen LogP contribution >= 0.6 is 0 Å². The van der Waals surface area contributed by atoms with Crippen LogP contribution in [0.4, 0.5) is 11.5 Å². The smallest absolute Gasteiger partial charge is 0.334 e. The predicted molar refractivity (Wildman–Crippen MR) is 80.3 cm³/mol. The molecule has 0 aliphatic rings. The molecule has 0 fully saturated rings. The zero-order chi connectivity index (χ0) is 15.6. The van der Waals surface area contributed by atoms with Gasteiger partial charge in [0.2, 0.25) is 5.82 Å². The second-order valence-electron chi connectivity index (χ2n) is 5.27. The minimum atomic E-state index is -0.371. The fourth-order valence-corrected chi connectivity index (χ4v) is 2.18. The molecule has 7 heteroatoms. The lowest BCUT2D eigenvalue weighted by Gasteiger charge is -2.08. The van der Waals surface area contributed by atoms with Crippen LogP contribution in [0.5, 0.6) is 0 Å². The Morgan fingerprint density at radius 1 is 1.48 bits per heavy atom. The first kappa shape index (κ1) is 15.0. The van der Waals surface area contributed by atoms with Gasteiger partial charge in [-0.2, -0.15) is 5.10 Å². The first-order chi connectivity index (χ1) is 9.91. The quantitative estimate of drug-likeness (QED) is 0.675. The molecule has 0 aliphatic carbocycles. The van der Waals surface area contributed by atoms with E-state index >= 15 is 0 Å². The van der Waals surface area contributed by atoms with Crippen LogP contribution in [0.2, 0.25) is 0 Å². The molecule has 21 heavy (non-hydrogen) atoms. The van der Waals surface area contributed by atoms with E-state index in [2.05, 4.69) is 15.4 Å². The van der Waals surface area contributed by atoms with Crippen molar-refractivity contribution in [1.29, 1.82) is 0 Å². The lowest BCUT2D eigenvalue weighted by Crippen LogP contribution is -2.07. The van der Waals surface area contributed by atoms with Gasteiger partial charge in [0.05, 0.1) is 4.92 Å². The van der Waals surface area contributed by atoms with Crippen LogP contribution < -0.4 is 5.32 Å². The molecule has 0 unspecified atom stereocenters. The molecule has 2 aromatic heterocycles. The van der Waals surface area contributed by atoms with Crippen molar-refractivity contribution >= 4 is 11.5 Å². The lowest BCUT2D eigenvalue weighted by atomic mass is 10.1. The lowest BCUT2D eigenvalue weighted by molar-refractivity contribution is -0.384. The molecule has 0 saturated heterocycles. The zero-order valence-electron chi connectivity index (χ0n) is 12.6. The number of anilines is 1. The monoisotopic (exact) mass is 289 g/mol. The van der Waals surface area contributed by atoms with Crippen LogP contribution in [-0.2, 0) is 13.6 Å². The molecule has 0 aliphatic heterocycles. The summed E-state index contributed by atoms with van der Waals surface area (Å²) >= 11 is 0. The SMILES string of the molecule is Cc1cnccc1CNc1c([N+](=O)[O-])c(C(C)C)nn1C. The minimum Gasteiger partial charge on any atom is -0.360 e. The summed E-state index contributed by atoms with van der Waals surface area (Å²) in [5, 5.41) is 18.7. The molecule has 7 nitrogen and oxygen atoms in total. The van der Waals surface area contributed by atoms with E-state index in [1.54, 1.807) is 19.4 Å². The zero-order valence-corrected chi connectivity index (χ0v) is 12.6. The Bertz CT molecular complexity index is 663. The van der Waals surface area contributed by atoms with E-state index in [1.807, 2.05) is 26.8 Å². The van der Waals surface area contributed by atoms with E-state index in [0.717, 1.165) is 11.1 Å². The summed E-state index contributed by atoms with van der Waals surface area (Å²) in [5.41, 5.74) is 2.64. The molecule has 0 bridgehead atoms. The van der Waals surface area contributed by atoms with Gasteiger partial charge in [-0.05, 0) is 24.1 Å². The highest BCUT2D eigenvalue weighted by Gasteiger charge is 2.28. The van der Waals surface area contributed by atoms with E-state index in [-0.39, 0.29) is 16.5 Å². The van der Waals surface area contributed by atoms with Gasteiger partial charge in [-0.15, -0.1) is 0 Å². The predicted octanol–water partition coefficient (Wildman–Crippen LogP) is 2.77. The van der Waals surface area contributed by atoms with Crippen molar-refractivity contribution in [2.24, 2.45) is 7.05 Å². The van der Waals surface area contributed by atoms with Crippen molar-refractivity contribution in [1.82, 2.24) is 14.8 Å². The number of hydrogen-bond donors (Lipinski definition) is 1. The van der Waals surface area contributed by atoms with Crippen molar-refractivity contribution in [2.75, 3.05) is 5.32 Å². The van der Waals surface area contributed by atoms with Crippen LogP contribution in [-0.4, -0.2) is 19.7 Å². The third kappa shape index (κ3) is 3.01. The molecule has 0 spiro atoms. The van der Waals surface area contributed by atoms with Crippen molar-refractivity contribution in [3.8, 4) is 0 Å². The molecule has 0 radical (unpaired) electrons. The largest absolute Gasteiger partial charge is 0.360 e. The number of aromatic nitrogens is 3. The Morgan fingerprint density at radius 2 is 2.19 bits per heavy atom. The van der Waals surface area contributed by atoms with Crippen molar-refractivity contribution in [3.05, 3.63) is 45.4 Å². The average molecular weight is 289 g/mol. The summed E-state index contributed by atoms with van der Waals surface area (Å²) in [6.07, 6.45) is 3.48. The topological polar surface area (TPSA) is 85.9 Å². The number of hydrogen-bond acceptors (Lipinski definition) is 5. The number of nitrogens with zero attached hydrogens (tertiary/aromatic N) is 4. The van der Waals surface area contributed by atoms with Gasteiger partial charge in [0.15, 0.2) is 0 Å². The number of aryl methyl sites for hydroxylation is 2. The molecule has 112 valence electrons. The van der Waals surface area contributed by atoms with Crippen LogP contribution in [0.15, 0.2) is 18.5 Å². The molecule has 2 aromatic rings. The first-order valence-electron chi connectivity index (χ1n) is 6.76. The molecule has 2 rings (SSSR count). The number of rotatable bonds is 5. The number of nitro groups is 1. The second kappa shape index (κ2) is 5.90. The van der Waals surface area contributed by atoms with E-state index < -0.39 is 0 Å². The van der Waals surface area contributed by atoms with Gasteiger partial charge < -0.3 is 5.32 Å². The van der Waals surface area contributed by atoms with Gasteiger partial charge in [0.25, 0.3) is 0 Å². The highest BCUT2D eigenvalue weighted by atomic mass is 16.6. The van der Waals surface area contributed by atoms with Crippen molar-refractivity contribution in [2.45, 2.75) is 33.2 Å². The Kier molecular flexibility index (Phi) is 4.21. The Balaban J connectivity index is 2.32. The number of pyridine rings is 1. The molecular formula is C14H19N5O2. The fraction of sp³-hybridized carbons (Fsp3) is 0.429. The number of nitrogens with one attached hydrogen (secondary N) is 1. The fourth-order valence-electron chi connectivity index (χ4n) is 2.18. The third-order valence-electron chi connectivity index (χ3n) is 3.36. The van der Waals surface area contributed by atoms with Gasteiger partial charge in [-0.3, -0.25) is 15.1 Å². The van der Waals surface area contributed by atoms with Gasteiger partial charge in [-0.1, -0.05) is 13.8 Å². The maximum absolute atomic E-state index is 11.3. The first-order valence-corrected chi connectivity index (χ1v) is 6.76. The molecule has 1 N–H and O–H groups in total. The molecule has 0 aromatic carbocycles. The van der Waals surface area contributed by atoms with E-state index in [0.29, 0.717) is 18.1 Å². The summed E-state index contributed by atoms with van der Waals surface area (Å²) < 4.78 is 1.53. The molecule has 2 heterocycles. The summed E-state index contributed by atoms with van der Waals surface area (Å²) in [4.78, 5) is 15.0. The van der Waals surface area contributed by atoms with Crippen molar-refractivity contribution in [3.63, 3.8) is 0 Å². The minimum absolute atomic E-state index is 0.00480. The van der Waals surface area contributed by atoms with E-state index in [1.165, 1.54) is 4.68 Å². The molecule has 0 saturated carbocycles. The Morgan fingerprint density at radius 3 is 2.76 bits per heavy atom. The maximum atomic E-state index is 11.3. The highest BCUT2D eigenvalue weighted by Crippen LogP contribution is 2.33. The highest BCUT2D eigenvalue weighted by molar-refractivity contribution is 5.60. The summed E-state index contributed by atoms with van der Waals surface area (Å²) in [6, 6.07) is 1.90. The second-order valence-corrected chi connectivity index (χ2v) is 5.27. The van der Waals surface area contributed by atoms with Crippen molar-refractivity contribution < 1.29 is 4.92 Å². The van der Waals surface area contributed by atoms with E-state index in [9.17, 15) is 10.1 Å². The van der Waals surface area contributed by atoms with Gasteiger partial charge in [0.1, 0.15) is 5.69 Å². The molecule has 0 atom stereocenters. The van der Waals surface area contributed by atoms with Crippen LogP contribution in [0.1, 0.15) is 36.6 Å². The summed E-state index contributed by atoms with van der Waals surface area (Å²) in [5.74, 6) is 0.426. The van der Waals surface area contributed by atoms with E-state index in [4.69, 9.17) is 0 Å². The Labute approximate surface area is 123 Å². The Hall–Kier alpha value is -2.44. The third-order valence-corrected chi connectivity index (χ3v) is 3.36. The average Bonchev–Trinajstić information content (AvgIpc) is 2.75. The van der Waals surface area contributed by atoms with Crippen LogP contribution in [0.25, 0.3) is 0 Å². The molecular weight excluding hydrogens is 270 g/mol. The van der Waals surface area contributed by atoms with Crippen LogP contribution in [0.3, 0.4) is 0 Å². The van der Waals surface area contributed by atoms with Crippen LogP contribution in [0, 0.1) is 17.0 Å². The maximum Gasteiger partial charge on any atom is 0.334 e. The summed E-state index contributed by atoms with van der Waals surface area (Å²) in [7, 11) is 1.71. The molecule has 0 amide bonds. The normalized spacial score (nSPS) is 10.9. The van der Waals surface area contributed by atoms with Gasteiger partial charge in [-0.25, -0.2) is 4.68 Å². The standard InChI is InChI=1S/C14H19N5O2/c1-9(2)12-13(19(20)21)14(18(4)17-12)16-8-11-5-6-15-7-10(11)3/h5-7,9,16H,8H2,1-4H3. The summed E-state index contributed by atoms with van der Waals surface area (Å²) in [6.45, 7) is 6.24.